The van der Waals surface area contributed by atoms with Gasteiger partial charge < -0.3 is 9.64 Å². The first kappa shape index (κ1) is 19.7. The molecule has 3 aromatic rings. The van der Waals surface area contributed by atoms with Crippen LogP contribution in [0.4, 0.5) is 10.2 Å². The van der Waals surface area contributed by atoms with Gasteiger partial charge in [-0.25, -0.2) is 14.4 Å². The highest BCUT2D eigenvalue weighted by atomic mass is 32.1. The summed E-state index contributed by atoms with van der Waals surface area (Å²) in [6.45, 7) is 6.67. The van der Waals surface area contributed by atoms with Gasteiger partial charge in [0.2, 0.25) is 0 Å². The van der Waals surface area contributed by atoms with Crippen LogP contribution >= 0.6 is 11.3 Å². The summed E-state index contributed by atoms with van der Waals surface area (Å²) in [6.07, 6.45) is 5.28. The van der Waals surface area contributed by atoms with Crippen molar-refractivity contribution in [1.82, 2.24) is 14.9 Å². The molecule has 5 rings (SSSR count). The van der Waals surface area contributed by atoms with Gasteiger partial charge in [-0.15, -0.1) is 11.3 Å². The average molecular weight is 427 g/mol. The minimum atomic E-state index is -0.218. The van der Waals surface area contributed by atoms with Crippen LogP contribution in [-0.2, 0) is 19.4 Å². The van der Waals surface area contributed by atoms with Gasteiger partial charge in [-0.05, 0) is 48.9 Å². The van der Waals surface area contributed by atoms with Crippen LogP contribution in [0.25, 0.3) is 10.2 Å². The van der Waals surface area contributed by atoms with Crippen LogP contribution < -0.4 is 9.64 Å². The Morgan fingerprint density at radius 3 is 2.83 bits per heavy atom. The van der Waals surface area contributed by atoms with Crippen LogP contribution in [0.1, 0.15) is 29.3 Å². The Morgan fingerprint density at radius 2 is 2.03 bits per heavy atom. The van der Waals surface area contributed by atoms with Gasteiger partial charge in [-0.1, -0.05) is 6.92 Å². The molecule has 30 heavy (non-hydrogen) atoms. The predicted octanol–water partition coefficient (Wildman–Crippen LogP) is 4.29. The maximum absolute atomic E-state index is 13.7. The van der Waals surface area contributed by atoms with Gasteiger partial charge in [-0.3, -0.25) is 4.90 Å². The second kappa shape index (κ2) is 8.12. The molecule has 0 amide bonds. The van der Waals surface area contributed by atoms with E-state index in [1.807, 2.05) is 11.3 Å². The summed E-state index contributed by atoms with van der Waals surface area (Å²) in [7, 11) is 1.64. The van der Waals surface area contributed by atoms with Gasteiger partial charge in [0.05, 0.1) is 12.5 Å². The van der Waals surface area contributed by atoms with E-state index in [9.17, 15) is 4.39 Å². The molecule has 7 heteroatoms. The van der Waals surface area contributed by atoms with Gasteiger partial charge in [0, 0.05) is 43.2 Å². The van der Waals surface area contributed by atoms with Crippen molar-refractivity contribution in [3.63, 3.8) is 0 Å². The number of methoxy groups -OCH3 is 1. The monoisotopic (exact) mass is 426 g/mol. The molecule has 1 saturated heterocycles. The number of aromatic nitrogens is 2. The summed E-state index contributed by atoms with van der Waals surface area (Å²) < 4.78 is 19.1. The Hall–Kier alpha value is -2.25. The van der Waals surface area contributed by atoms with E-state index in [0.29, 0.717) is 6.54 Å². The average Bonchev–Trinajstić information content (AvgIpc) is 3.12. The Kier molecular flexibility index (Phi) is 5.33. The first-order valence-corrected chi connectivity index (χ1v) is 11.5. The van der Waals surface area contributed by atoms with E-state index in [0.717, 1.165) is 60.5 Å². The lowest BCUT2D eigenvalue weighted by atomic mass is 9.88. The SMILES string of the molecule is COc1ccc(F)cc1CN1CCN(c2ncnc3sc4c(c23)C[C@H](C)CC4)CC1. The molecule has 0 saturated carbocycles. The molecule has 0 N–H and O–H groups in total. The van der Waals surface area contributed by atoms with Crippen molar-refractivity contribution in [2.45, 2.75) is 32.7 Å². The molecule has 2 aromatic heterocycles. The van der Waals surface area contributed by atoms with E-state index >= 15 is 0 Å². The summed E-state index contributed by atoms with van der Waals surface area (Å²) in [4.78, 5) is 16.7. The normalized spacial score (nSPS) is 19.8. The fraction of sp³-hybridized carbons (Fsp3) is 0.478. The molecule has 1 aliphatic carbocycles. The van der Waals surface area contributed by atoms with Gasteiger partial charge in [0.1, 0.15) is 28.5 Å². The molecule has 0 bridgehead atoms. The zero-order valence-electron chi connectivity index (χ0n) is 17.5. The zero-order valence-corrected chi connectivity index (χ0v) is 18.3. The minimum absolute atomic E-state index is 0.218. The van der Waals surface area contributed by atoms with Crippen LogP contribution in [-0.4, -0.2) is 48.2 Å². The summed E-state index contributed by atoms with van der Waals surface area (Å²) in [5, 5.41) is 1.28. The Morgan fingerprint density at radius 1 is 1.20 bits per heavy atom. The maximum atomic E-state index is 13.7. The Labute approximate surface area is 180 Å². The molecule has 2 aliphatic rings. The second-order valence-electron chi connectivity index (χ2n) is 8.45. The lowest BCUT2D eigenvalue weighted by Gasteiger charge is -2.36. The van der Waals surface area contributed by atoms with E-state index < -0.39 is 0 Å². The van der Waals surface area contributed by atoms with Crippen LogP contribution in [0.5, 0.6) is 5.75 Å². The third kappa shape index (κ3) is 3.65. The molecule has 1 aliphatic heterocycles. The molecule has 158 valence electrons. The smallest absolute Gasteiger partial charge is 0.141 e. The van der Waals surface area contributed by atoms with Crippen molar-refractivity contribution in [3.05, 3.63) is 46.3 Å². The molecular weight excluding hydrogens is 399 g/mol. The largest absolute Gasteiger partial charge is 0.496 e. The highest BCUT2D eigenvalue weighted by Gasteiger charge is 2.27. The molecule has 0 unspecified atom stereocenters. The van der Waals surface area contributed by atoms with Gasteiger partial charge in [-0.2, -0.15) is 0 Å². The predicted molar refractivity (Wildman–Crippen MR) is 119 cm³/mol. The van der Waals surface area contributed by atoms with E-state index in [4.69, 9.17) is 9.72 Å². The molecule has 0 radical (unpaired) electrons. The number of benzene rings is 1. The summed E-state index contributed by atoms with van der Waals surface area (Å²) in [5.74, 6) is 2.34. The number of hydrogen-bond acceptors (Lipinski definition) is 6. The number of hydrogen-bond donors (Lipinski definition) is 0. The van der Waals surface area contributed by atoms with E-state index in [1.165, 1.54) is 34.7 Å². The van der Waals surface area contributed by atoms with E-state index in [2.05, 4.69) is 21.7 Å². The van der Waals surface area contributed by atoms with Crippen molar-refractivity contribution >= 4 is 27.4 Å². The molecule has 5 nitrogen and oxygen atoms in total. The maximum Gasteiger partial charge on any atom is 0.141 e. The summed E-state index contributed by atoms with van der Waals surface area (Å²) in [5.41, 5.74) is 2.38. The summed E-state index contributed by atoms with van der Waals surface area (Å²) >= 11 is 1.85. The fourth-order valence-electron chi connectivity index (χ4n) is 4.73. The standard InChI is InChI=1S/C23H27FN4OS/c1-15-3-6-20-18(11-15)21-22(25-14-26-23(21)30-20)28-9-7-27(8-10-28)13-16-12-17(24)4-5-19(16)29-2/h4-5,12,14-15H,3,6-11,13H2,1-2H3/t15-/m1/s1. The van der Waals surface area contributed by atoms with Crippen LogP contribution in [0.15, 0.2) is 24.5 Å². The number of thiophene rings is 1. The zero-order chi connectivity index (χ0) is 20.7. The van der Waals surface area contributed by atoms with E-state index in [-0.39, 0.29) is 5.82 Å². The molecule has 3 heterocycles. The van der Waals surface area contributed by atoms with Gasteiger partial charge >= 0.3 is 0 Å². The van der Waals surface area contributed by atoms with Crippen LogP contribution in [0.2, 0.25) is 0 Å². The Balaban J connectivity index is 1.35. The molecule has 0 spiro atoms. The number of piperazine rings is 1. The highest BCUT2D eigenvalue weighted by molar-refractivity contribution is 7.19. The number of aryl methyl sites for hydroxylation is 1. The van der Waals surface area contributed by atoms with Gasteiger partial charge in [0.25, 0.3) is 0 Å². The number of rotatable bonds is 4. The molecular formula is C23H27FN4OS. The second-order valence-corrected chi connectivity index (χ2v) is 9.53. The number of nitrogens with zero attached hydrogens (tertiary/aromatic N) is 4. The minimum Gasteiger partial charge on any atom is -0.496 e. The highest BCUT2D eigenvalue weighted by Crippen LogP contribution is 2.40. The first-order valence-electron chi connectivity index (χ1n) is 10.7. The number of ether oxygens (including phenoxy) is 1. The Bertz CT molecular complexity index is 1060. The van der Waals surface area contributed by atoms with Crippen molar-refractivity contribution in [2.24, 2.45) is 5.92 Å². The molecule has 1 atom stereocenters. The summed E-state index contributed by atoms with van der Waals surface area (Å²) in [6, 6.07) is 4.74. The molecule has 1 fully saturated rings. The van der Waals surface area contributed by atoms with Crippen LogP contribution in [0.3, 0.4) is 0 Å². The van der Waals surface area contributed by atoms with Gasteiger partial charge in [0.15, 0.2) is 0 Å². The van der Waals surface area contributed by atoms with E-state index in [1.54, 1.807) is 25.6 Å². The number of anilines is 1. The lowest BCUT2D eigenvalue weighted by Crippen LogP contribution is -2.46. The number of halogens is 1. The third-order valence-corrected chi connectivity index (χ3v) is 7.58. The van der Waals surface area contributed by atoms with Crippen molar-refractivity contribution in [3.8, 4) is 5.75 Å². The number of fused-ring (bicyclic) bond motifs is 3. The topological polar surface area (TPSA) is 41.5 Å². The van der Waals surface area contributed by atoms with Crippen molar-refractivity contribution in [2.75, 3.05) is 38.2 Å². The third-order valence-electron chi connectivity index (χ3n) is 6.38. The molecule has 1 aromatic carbocycles. The fourth-order valence-corrected chi connectivity index (χ4v) is 5.91. The first-order chi connectivity index (χ1) is 14.6. The van der Waals surface area contributed by atoms with Crippen molar-refractivity contribution in [1.29, 1.82) is 0 Å². The lowest BCUT2D eigenvalue weighted by molar-refractivity contribution is 0.245. The quantitative estimate of drug-likeness (QED) is 0.623. The van der Waals surface area contributed by atoms with Crippen molar-refractivity contribution < 1.29 is 9.13 Å². The van der Waals surface area contributed by atoms with Crippen LogP contribution in [0, 0.1) is 11.7 Å².